The lowest BCUT2D eigenvalue weighted by Gasteiger charge is -2.20. The summed E-state index contributed by atoms with van der Waals surface area (Å²) in [6.07, 6.45) is 7.85. The van der Waals surface area contributed by atoms with Crippen molar-refractivity contribution < 1.29 is 0 Å². The smallest absolute Gasteiger partial charge is 0.0453 e. The van der Waals surface area contributed by atoms with Crippen LogP contribution < -0.4 is 5.32 Å². The van der Waals surface area contributed by atoms with E-state index in [0.717, 1.165) is 17.4 Å². The molecule has 0 radical (unpaired) electrons. The van der Waals surface area contributed by atoms with Crippen LogP contribution in [0.1, 0.15) is 37.7 Å². The molecule has 100 valence electrons. The Morgan fingerprint density at radius 2 is 2.00 bits per heavy atom. The molecule has 0 spiro atoms. The lowest BCUT2D eigenvalue weighted by atomic mass is 9.94. The van der Waals surface area contributed by atoms with Crippen molar-refractivity contribution >= 4 is 23.2 Å². The molecule has 18 heavy (non-hydrogen) atoms. The standard InChI is InChI=1S/C15H21Cl2N/c1-18-14(8-11-4-2-3-5-11)9-12-6-7-13(16)10-15(12)17/h6-7,10-11,14,18H,2-5,8-9H2,1H3. The first kappa shape index (κ1) is 14.2. The van der Waals surface area contributed by atoms with Crippen LogP contribution in [0.15, 0.2) is 18.2 Å². The zero-order valence-corrected chi connectivity index (χ0v) is 12.4. The van der Waals surface area contributed by atoms with Gasteiger partial charge in [0.05, 0.1) is 0 Å². The van der Waals surface area contributed by atoms with Gasteiger partial charge in [-0.1, -0.05) is 55.0 Å². The van der Waals surface area contributed by atoms with E-state index in [1.165, 1.54) is 37.7 Å². The fourth-order valence-corrected chi connectivity index (χ4v) is 3.39. The molecule has 1 nitrogen and oxygen atoms in total. The topological polar surface area (TPSA) is 12.0 Å². The Morgan fingerprint density at radius 1 is 1.28 bits per heavy atom. The van der Waals surface area contributed by atoms with Gasteiger partial charge in [0.25, 0.3) is 0 Å². The molecule has 1 aliphatic carbocycles. The van der Waals surface area contributed by atoms with E-state index < -0.39 is 0 Å². The van der Waals surface area contributed by atoms with E-state index in [9.17, 15) is 0 Å². The van der Waals surface area contributed by atoms with Crippen molar-refractivity contribution in [2.24, 2.45) is 5.92 Å². The maximum Gasteiger partial charge on any atom is 0.0453 e. The molecule has 3 heteroatoms. The summed E-state index contributed by atoms with van der Waals surface area (Å²) >= 11 is 12.2. The maximum atomic E-state index is 6.23. The van der Waals surface area contributed by atoms with Gasteiger partial charge < -0.3 is 5.32 Å². The molecule has 1 fully saturated rings. The van der Waals surface area contributed by atoms with Gasteiger partial charge in [0.15, 0.2) is 0 Å². The third kappa shape index (κ3) is 3.88. The predicted octanol–water partition coefficient (Wildman–Crippen LogP) is 4.70. The third-order valence-corrected chi connectivity index (χ3v) is 4.57. The molecule has 0 aromatic heterocycles. The summed E-state index contributed by atoms with van der Waals surface area (Å²) in [5.74, 6) is 0.897. The molecule has 1 aliphatic rings. The summed E-state index contributed by atoms with van der Waals surface area (Å²) in [5, 5.41) is 4.92. The van der Waals surface area contributed by atoms with Gasteiger partial charge in [0, 0.05) is 16.1 Å². The van der Waals surface area contributed by atoms with Crippen molar-refractivity contribution in [2.75, 3.05) is 7.05 Å². The van der Waals surface area contributed by atoms with Crippen LogP contribution in [0.2, 0.25) is 10.0 Å². The lowest BCUT2D eigenvalue weighted by Crippen LogP contribution is -2.29. The van der Waals surface area contributed by atoms with Crippen molar-refractivity contribution in [3.05, 3.63) is 33.8 Å². The molecule has 0 aliphatic heterocycles. The Morgan fingerprint density at radius 3 is 2.61 bits per heavy atom. The Balaban J connectivity index is 1.96. The van der Waals surface area contributed by atoms with Crippen LogP contribution >= 0.6 is 23.2 Å². The number of halogens is 2. The summed E-state index contributed by atoms with van der Waals surface area (Å²) in [5.41, 5.74) is 1.19. The third-order valence-electron chi connectivity index (χ3n) is 3.98. The van der Waals surface area contributed by atoms with E-state index >= 15 is 0 Å². The van der Waals surface area contributed by atoms with Crippen molar-refractivity contribution in [1.29, 1.82) is 0 Å². The van der Waals surface area contributed by atoms with Gasteiger partial charge in [-0.15, -0.1) is 0 Å². The number of hydrogen-bond acceptors (Lipinski definition) is 1. The molecule has 0 bridgehead atoms. The number of likely N-dealkylation sites (N-methyl/N-ethyl adjacent to an activating group) is 1. The molecule has 0 heterocycles. The lowest BCUT2D eigenvalue weighted by molar-refractivity contribution is 0.403. The first-order chi connectivity index (χ1) is 8.69. The summed E-state index contributed by atoms with van der Waals surface area (Å²) < 4.78 is 0. The van der Waals surface area contributed by atoms with Crippen LogP contribution in [0.25, 0.3) is 0 Å². The number of rotatable bonds is 5. The summed E-state index contributed by atoms with van der Waals surface area (Å²) in [6.45, 7) is 0. The van der Waals surface area contributed by atoms with Crippen LogP contribution in [0.3, 0.4) is 0 Å². The molecular weight excluding hydrogens is 265 g/mol. The van der Waals surface area contributed by atoms with Gasteiger partial charge in [-0.3, -0.25) is 0 Å². The minimum atomic E-state index is 0.520. The van der Waals surface area contributed by atoms with Crippen LogP contribution in [0.4, 0.5) is 0 Å². The van der Waals surface area contributed by atoms with Crippen molar-refractivity contribution in [1.82, 2.24) is 5.32 Å². The van der Waals surface area contributed by atoms with E-state index in [0.29, 0.717) is 11.1 Å². The monoisotopic (exact) mass is 285 g/mol. The van der Waals surface area contributed by atoms with E-state index in [2.05, 4.69) is 5.32 Å². The molecule has 1 atom stereocenters. The van der Waals surface area contributed by atoms with E-state index in [1.807, 2.05) is 25.2 Å². The van der Waals surface area contributed by atoms with E-state index in [-0.39, 0.29) is 0 Å². The normalized spacial score (nSPS) is 18.2. The molecule has 2 rings (SSSR count). The summed E-state index contributed by atoms with van der Waals surface area (Å²) in [6, 6.07) is 6.32. The van der Waals surface area contributed by atoms with Gasteiger partial charge in [0.2, 0.25) is 0 Å². The Bertz CT molecular complexity index is 386. The first-order valence-electron chi connectivity index (χ1n) is 6.80. The molecule has 1 aromatic rings. The molecular formula is C15H21Cl2N. The second kappa shape index (κ2) is 6.79. The Hall–Kier alpha value is -0.240. The zero-order valence-electron chi connectivity index (χ0n) is 10.9. The van der Waals surface area contributed by atoms with Crippen LogP contribution in [-0.4, -0.2) is 13.1 Å². The minimum Gasteiger partial charge on any atom is -0.317 e. The first-order valence-corrected chi connectivity index (χ1v) is 7.56. The largest absolute Gasteiger partial charge is 0.317 e. The van der Waals surface area contributed by atoms with E-state index in [4.69, 9.17) is 23.2 Å². The predicted molar refractivity (Wildman–Crippen MR) is 79.6 cm³/mol. The molecule has 1 N–H and O–H groups in total. The molecule has 1 saturated carbocycles. The highest BCUT2D eigenvalue weighted by Gasteiger charge is 2.20. The fourth-order valence-electron chi connectivity index (χ4n) is 2.90. The second-order valence-corrected chi connectivity index (χ2v) is 6.16. The highest BCUT2D eigenvalue weighted by Crippen LogP contribution is 2.30. The van der Waals surface area contributed by atoms with Gasteiger partial charge in [0.1, 0.15) is 0 Å². The number of nitrogens with one attached hydrogen (secondary N) is 1. The van der Waals surface area contributed by atoms with Crippen LogP contribution in [0.5, 0.6) is 0 Å². The van der Waals surface area contributed by atoms with Gasteiger partial charge >= 0.3 is 0 Å². The zero-order chi connectivity index (χ0) is 13.0. The van der Waals surface area contributed by atoms with Crippen molar-refractivity contribution in [3.63, 3.8) is 0 Å². The number of benzene rings is 1. The highest BCUT2D eigenvalue weighted by molar-refractivity contribution is 6.35. The van der Waals surface area contributed by atoms with Crippen molar-refractivity contribution in [3.8, 4) is 0 Å². The van der Waals surface area contributed by atoms with Crippen molar-refractivity contribution in [2.45, 2.75) is 44.6 Å². The fraction of sp³-hybridized carbons (Fsp3) is 0.600. The number of hydrogen-bond donors (Lipinski definition) is 1. The van der Waals surface area contributed by atoms with Gasteiger partial charge in [-0.25, -0.2) is 0 Å². The van der Waals surface area contributed by atoms with Crippen LogP contribution in [0, 0.1) is 5.92 Å². The summed E-state index contributed by atoms with van der Waals surface area (Å²) in [4.78, 5) is 0. The quantitative estimate of drug-likeness (QED) is 0.827. The molecule has 0 amide bonds. The molecule has 0 saturated heterocycles. The van der Waals surface area contributed by atoms with Gasteiger partial charge in [-0.2, -0.15) is 0 Å². The SMILES string of the molecule is CNC(Cc1ccc(Cl)cc1Cl)CC1CCCC1. The molecule has 1 aromatic carbocycles. The maximum absolute atomic E-state index is 6.23. The minimum absolute atomic E-state index is 0.520. The average Bonchev–Trinajstić information content (AvgIpc) is 2.84. The van der Waals surface area contributed by atoms with Gasteiger partial charge in [-0.05, 0) is 43.5 Å². The Labute approximate surface area is 120 Å². The average molecular weight is 286 g/mol. The second-order valence-electron chi connectivity index (χ2n) is 5.31. The van der Waals surface area contributed by atoms with E-state index in [1.54, 1.807) is 0 Å². The Kier molecular flexibility index (Phi) is 5.35. The molecule has 1 unspecified atom stereocenters. The summed E-state index contributed by atoms with van der Waals surface area (Å²) in [7, 11) is 2.05. The van der Waals surface area contributed by atoms with Crippen LogP contribution in [-0.2, 0) is 6.42 Å². The highest BCUT2D eigenvalue weighted by atomic mass is 35.5.